The van der Waals surface area contributed by atoms with Gasteiger partial charge in [0.25, 0.3) is 0 Å². The predicted molar refractivity (Wildman–Crippen MR) is 78.3 cm³/mol. The number of likely N-dealkylation sites (tertiary alicyclic amines) is 1. The molecule has 0 amide bonds. The average molecular weight is 266 g/mol. The van der Waals surface area contributed by atoms with Crippen LogP contribution in [0, 0.1) is 11.8 Å². The van der Waals surface area contributed by atoms with Gasteiger partial charge in [0, 0.05) is 24.7 Å². The van der Waals surface area contributed by atoms with E-state index in [1.54, 1.807) is 0 Å². The maximum absolute atomic E-state index is 5.99. The molecular weight excluding hydrogens is 236 g/mol. The number of nitrogens with zero attached hydrogens (tertiary/aromatic N) is 1. The summed E-state index contributed by atoms with van der Waals surface area (Å²) >= 11 is 0. The van der Waals surface area contributed by atoms with Gasteiger partial charge in [-0.05, 0) is 71.4 Å². The lowest BCUT2D eigenvalue weighted by Crippen LogP contribution is -2.42. The predicted octanol–water partition coefficient (Wildman–Crippen LogP) is 2.26. The molecule has 2 saturated heterocycles. The maximum atomic E-state index is 5.99. The van der Waals surface area contributed by atoms with Crippen LogP contribution in [0.4, 0.5) is 0 Å². The van der Waals surface area contributed by atoms with Gasteiger partial charge in [-0.25, -0.2) is 0 Å². The molecule has 3 nitrogen and oxygen atoms in total. The lowest BCUT2D eigenvalue weighted by atomic mass is 10.0. The van der Waals surface area contributed by atoms with E-state index in [-0.39, 0.29) is 5.54 Å². The minimum Gasteiger partial charge on any atom is -0.376 e. The Balaban J connectivity index is 1.48. The van der Waals surface area contributed by atoms with E-state index < -0.39 is 0 Å². The zero-order chi connectivity index (χ0) is 13.5. The van der Waals surface area contributed by atoms with Gasteiger partial charge >= 0.3 is 0 Å². The number of hydrogen-bond donors (Lipinski definition) is 1. The molecule has 1 N–H and O–H groups in total. The van der Waals surface area contributed by atoms with Crippen LogP contribution in [0.2, 0.25) is 0 Å². The van der Waals surface area contributed by atoms with Crippen molar-refractivity contribution in [2.75, 3.05) is 26.2 Å². The average Bonchev–Trinajstić information content (AvgIpc) is 2.91. The minimum absolute atomic E-state index is 0.250. The fraction of sp³-hybridized carbons (Fsp3) is 1.00. The van der Waals surface area contributed by atoms with E-state index in [0.29, 0.717) is 6.10 Å². The van der Waals surface area contributed by atoms with Crippen molar-refractivity contribution < 1.29 is 4.74 Å². The molecule has 2 aliphatic heterocycles. The molecule has 3 heteroatoms. The zero-order valence-electron chi connectivity index (χ0n) is 12.8. The monoisotopic (exact) mass is 266 g/mol. The Morgan fingerprint density at radius 1 is 1.16 bits per heavy atom. The molecule has 0 aromatic rings. The van der Waals surface area contributed by atoms with E-state index in [4.69, 9.17) is 4.74 Å². The second-order valence-electron chi connectivity index (χ2n) is 7.81. The highest BCUT2D eigenvalue weighted by Crippen LogP contribution is 2.41. The molecule has 3 fully saturated rings. The van der Waals surface area contributed by atoms with Crippen LogP contribution in [0.1, 0.15) is 46.5 Å². The third-order valence-corrected chi connectivity index (χ3v) is 4.90. The standard InChI is InChI=1S/C16H30N2O/c1-16(2,3)17-10-12-6-8-18(11-12)14-7-9-19-15(14)13-4-5-13/h12-15,17H,4-11H2,1-3H3. The van der Waals surface area contributed by atoms with Crippen LogP contribution in [-0.4, -0.2) is 48.8 Å². The Kier molecular flexibility index (Phi) is 3.89. The third kappa shape index (κ3) is 3.50. The van der Waals surface area contributed by atoms with E-state index in [9.17, 15) is 0 Å². The zero-order valence-corrected chi connectivity index (χ0v) is 12.8. The molecule has 3 atom stereocenters. The highest BCUT2D eigenvalue weighted by Gasteiger charge is 2.44. The van der Waals surface area contributed by atoms with E-state index >= 15 is 0 Å². The molecule has 3 aliphatic rings. The van der Waals surface area contributed by atoms with Gasteiger partial charge in [-0.15, -0.1) is 0 Å². The molecule has 1 aliphatic carbocycles. The van der Waals surface area contributed by atoms with Crippen LogP contribution in [0.5, 0.6) is 0 Å². The van der Waals surface area contributed by atoms with E-state index in [1.807, 2.05) is 0 Å². The molecule has 2 heterocycles. The van der Waals surface area contributed by atoms with Gasteiger partial charge in [0.15, 0.2) is 0 Å². The summed E-state index contributed by atoms with van der Waals surface area (Å²) in [5.74, 6) is 1.72. The number of rotatable bonds is 4. The summed E-state index contributed by atoms with van der Waals surface area (Å²) in [5.41, 5.74) is 0.250. The summed E-state index contributed by atoms with van der Waals surface area (Å²) in [6, 6.07) is 0.729. The third-order valence-electron chi connectivity index (χ3n) is 4.90. The van der Waals surface area contributed by atoms with Crippen LogP contribution in [-0.2, 0) is 4.74 Å². The fourth-order valence-corrected chi connectivity index (χ4v) is 3.65. The Morgan fingerprint density at radius 2 is 1.95 bits per heavy atom. The van der Waals surface area contributed by atoms with E-state index in [0.717, 1.165) is 24.5 Å². The van der Waals surface area contributed by atoms with Crippen LogP contribution < -0.4 is 5.32 Å². The molecule has 3 unspecified atom stereocenters. The summed E-state index contributed by atoms with van der Waals surface area (Å²) in [6.07, 6.45) is 6.00. The summed E-state index contributed by atoms with van der Waals surface area (Å²) in [4.78, 5) is 2.73. The molecular formula is C16H30N2O. The molecule has 3 rings (SSSR count). The number of ether oxygens (including phenoxy) is 1. The molecule has 0 radical (unpaired) electrons. The minimum atomic E-state index is 0.250. The van der Waals surface area contributed by atoms with Gasteiger partial charge < -0.3 is 10.1 Å². The molecule has 0 bridgehead atoms. The Hall–Kier alpha value is -0.120. The largest absolute Gasteiger partial charge is 0.376 e. The molecule has 1 saturated carbocycles. The van der Waals surface area contributed by atoms with Gasteiger partial charge in [0.2, 0.25) is 0 Å². The first-order valence-corrected chi connectivity index (χ1v) is 8.13. The van der Waals surface area contributed by atoms with Gasteiger partial charge in [-0.2, -0.15) is 0 Å². The van der Waals surface area contributed by atoms with Gasteiger partial charge in [0.05, 0.1) is 6.10 Å². The Bertz CT molecular complexity index is 308. The molecule has 0 aromatic heterocycles. The molecule has 0 aromatic carbocycles. The fourth-order valence-electron chi connectivity index (χ4n) is 3.65. The quantitative estimate of drug-likeness (QED) is 0.845. The van der Waals surface area contributed by atoms with Crippen molar-refractivity contribution in [1.82, 2.24) is 10.2 Å². The first-order valence-electron chi connectivity index (χ1n) is 8.13. The summed E-state index contributed by atoms with van der Waals surface area (Å²) in [6.45, 7) is 11.5. The highest BCUT2D eigenvalue weighted by atomic mass is 16.5. The number of nitrogens with one attached hydrogen (secondary N) is 1. The lowest BCUT2D eigenvalue weighted by Gasteiger charge is -2.29. The maximum Gasteiger partial charge on any atom is 0.0759 e. The van der Waals surface area contributed by atoms with Crippen molar-refractivity contribution in [3.8, 4) is 0 Å². The Morgan fingerprint density at radius 3 is 2.63 bits per heavy atom. The van der Waals surface area contributed by atoms with Crippen molar-refractivity contribution in [3.05, 3.63) is 0 Å². The second-order valence-corrected chi connectivity index (χ2v) is 7.81. The van der Waals surface area contributed by atoms with Crippen LogP contribution in [0.3, 0.4) is 0 Å². The van der Waals surface area contributed by atoms with Gasteiger partial charge in [-0.3, -0.25) is 4.90 Å². The van der Waals surface area contributed by atoms with E-state index in [2.05, 4.69) is 31.0 Å². The first kappa shape index (κ1) is 13.8. The molecule has 19 heavy (non-hydrogen) atoms. The second kappa shape index (κ2) is 5.34. The van der Waals surface area contributed by atoms with E-state index in [1.165, 1.54) is 45.3 Å². The highest BCUT2D eigenvalue weighted by molar-refractivity contribution is 4.97. The van der Waals surface area contributed by atoms with Crippen molar-refractivity contribution in [2.24, 2.45) is 11.8 Å². The van der Waals surface area contributed by atoms with Crippen LogP contribution in [0.25, 0.3) is 0 Å². The van der Waals surface area contributed by atoms with Crippen molar-refractivity contribution in [1.29, 1.82) is 0 Å². The summed E-state index contributed by atoms with van der Waals surface area (Å²) in [5, 5.41) is 3.66. The first-order chi connectivity index (χ1) is 9.03. The van der Waals surface area contributed by atoms with Crippen molar-refractivity contribution >= 4 is 0 Å². The topological polar surface area (TPSA) is 24.5 Å². The summed E-state index contributed by atoms with van der Waals surface area (Å²) < 4.78 is 5.99. The number of hydrogen-bond acceptors (Lipinski definition) is 3. The normalized spacial score (nSPS) is 37.1. The smallest absolute Gasteiger partial charge is 0.0759 e. The molecule has 0 spiro atoms. The van der Waals surface area contributed by atoms with Crippen LogP contribution >= 0.6 is 0 Å². The van der Waals surface area contributed by atoms with Gasteiger partial charge in [-0.1, -0.05) is 0 Å². The van der Waals surface area contributed by atoms with Gasteiger partial charge in [0.1, 0.15) is 0 Å². The van der Waals surface area contributed by atoms with Crippen LogP contribution in [0.15, 0.2) is 0 Å². The van der Waals surface area contributed by atoms with Crippen molar-refractivity contribution in [3.63, 3.8) is 0 Å². The lowest BCUT2D eigenvalue weighted by molar-refractivity contribution is 0.0519. The summed E-state index contributed by atoms with van der Waals surface area (Å²) in [7, 11) is 0. The SMILES string of the molecule is CC(C)(C)NCC1CCN(C2CCOC2C2CC2)C1. The molecule has 110 valence electrons. The Labute approximate surface area is 118 Å². The van der Waals surface area contributed by atoms with Crippen molar-refractivity contribution in [2.45, 2.75) is 64.1 Å².